The molecule has 2 heterocycles. The molecule has 5 heteroatoms. The van der Waals surface area contributed by atoms with Crippen molar-refractivity contribution in [2.75, 3.05) is 13.1 Å². The van der Waals surface area contributed by atoms with Crippen LogP contribution in [0.3, 0.4) is 0 Å². The number of hydrogen-bond acceptors (Lipinski definition) is 2. The van der Waals surface area contributed by atoms with E-state index in [1.165, 1.54) is 0 Å². The van der Waals surface area contributed by atoms with Gasteiger partial charge in [0.25, 0.3) is 5.91 Å². The van der Waals surface area contributed by atoms with Crippen molar-refractivity contribution in [2.24, 2.45) is 0 Å². The summed E-state index contributed by atoms with van der Waals surface area (Å²) in [5, 5.41) is 10.1. The average Bonchev–Trinajstić information content (AvgIpc) is 2.94. The van der Waals surface area contributed by atoms with Crippen molar-refractivity contribution in [3.63, 3.8) is 0 Å². The smallest absolute Gasteiger partial charge is 0.270 e. The van der Waals surface area contributed by atoms with E-state index in [0.29, 0.717) is 36.3 Å². The molecule has 17 heavy (non-hydrogen) atoms. The Labute approximate surface area is 105 Å². The molecule has 1 N–H and O–H groups in total. The van der Waals surface area contributed by atoms with Gasteiger partial charge in [-0.1, -0.05) is 11.6 Å². The topological polar surface area (TPSA) is 45.5 Å². The number of carbonyl (C=O) groups excluding carboxylic acids is 1. The lowest BCUT2D eigenvalue weighted by molar-refractivity contribution is 0.0754. The molecule has 2 aliphatic rings. The molecular weight excluding hydrogens is 240 g/mol. The van der Waals surface area contributed by atoms with Gasteiger partial charge in [0.1, 0.15) is 5.69 Å². The molecule has 3 rings (SSSR count). The molecule has 1 aliphatic heterocycles. The first-order valence-corrected chi connectivity index (χ1v) is 6.37. The molecule has 4 nitrogen and oxygen atoms in total. The molecule has 1 aromatic rings. The highest BCUT2D eigenvalue weighted by Gasteiger charge is 2.31. The van der Waals surface area contributed by atoms with Crippen molar-refractivity contribution in [3.05, 3.63) is 23.0 Å². The Bertz CT molecular complexity index is 453. The molecule has 1 saturated carbocycles. The summed E-state index contributed by atoms with van der Waals surface area (Å²) in [5.41, 5.74) is 0.659. The van der Waals surface area contributed by atoms with E-state index in [1.807, 2.05) is 10.8 Å². The lowest BCUT2D eigenvalue weighted by Gasteiger charge is -2.16. The zero-order valence-electron chi connectivity index (χ0n) is 9.47. The third-order valence-electron chi connectivity index (χ3n) is 3.43. The van der Waals surface area contributed by atoms with Crippen LogP contribution in [0.4, 0.5) is 0 Å². The van der Waals surface area contributed by atoms with Gasteiger partial charge >= 0.3 is 0 Å². The van der Waals surface area contributed by atoms with Gasteiger partial charge in [0.15, 0.2) is 0 Å². The van der Waals surface area contributed by atoms with Gasteiger partial charge in [-0.3, -0.25) is 4.79 Å². The van der Waals surface area contributed by atoms with Crippen LogP contribution in [0.15, 0.2) is 12.3 Å². The van der Waals surface area contributed by atoms with Crippen molar-refractivity contribution >= 4 is 17.5 Å². The molecule has 2 fully saturated rings. The van der Waals surface area contributed by atoms with E-state index < -0.39 is 0 Å². The van der Waals surface area contributed by atoms with Gasteiger partial charge < -0.3 is 14.6 Å². The molecule has 92 valence electrons. The van der Waals surface area contributed by atoms with Gasteiger partial charge in [-0.05, 0) is 25.3 Å². The highest BCUT2D eigenvalue weighted by Crippen LogP contribution is 2.37. The van der Waals surface area contributed by atoms with E-state index in [9.17, 15) is 9.90 Å². The lowest BCUT2D eigenvalue weighted by atomic mass is 10.3. The Hall–Kier alpha value is -1.00. The van der Waals surface area contributed by atoms with E-state index in [0.717, 1.165) is 12.8 Å². The van der Waals surface area contributed by atoms with E-state index in [1.54, 1.807) is 11.0 Å². The molecule has 0 aromatic carbocycles. The molecule has 1 aliphatic carbocycles. The molecule has 1 amide bonds. The van der Waals surface area contributed by atoms with Gasteiger partial charge in [0.2, 0.25) is 0 Å². The summed E-state index contributed by atoms with van der Waals surface area (Å²) in [7, 11) is 0. The lowest BCUT2D eigenvalue weighted by Crippen LogP contribution is -2.31. The van der Waals surface area contributed by atoms with Crippen molar-refractivity contribution in [1.82, 2.24) is 9.47 Å². The fraction of sp³-hybridized carbons (Fsp3) is 0.583. The van der Waals surface area contributed by atoms with Crippen molar-refractivity contribution in [3.8, 4) is 0 Å². The molecule has 1 aromatic heterocycles. The number of amides is 1. The number of rotatable bonds is 2. The van der Waals surface area contributed by atoms with Crippen LogP contribution in [0.5, 0.6) is 0 Å². The molecular formula is C12H15ClN2O2. The number of aliphatic hydroxyl groups excluding tert-OH is 1. The van der Waals surface area contributed by atoms with Crippen LogP contribution in [0.1, 0.15) is 35.8 Å². The normalized spacial score (nSPS) is 24.4. The fourth-order valence-electron chi connectivity index (χ4n) is 2.36. The number of hydrogen-bond donors (Lipinski definition) is 1. The van der Waals surface area contributed by atoms with Gasteiger partial charge in [0.05, 0.1) is 11.1 Å². The number of likely N-dealkylation sites (tertiary alicyclic amines) is 1. The van der Waals surface area contributed by atoms with Gasteiger partial charge in [-0.15, -0.1) is 0 Å². The fourth-order valence-corrected chi connectivity index (χ4v) is 2.57. The maximum Gasteiger partial charge on any atom is 0.270 e. The van der Waals surface area contributed by atoms with Crippen LogP contribution in [-0.4, -0.2) is 39.7 Å². The Morgan fingerprint density at radius 1 is 1.41 bits per heavy atom. The Kier molecular flexibility index (Phi) is 2.64. The highest BCUT2D eigenvalue weighted by molar-refractivity contribution is 6.31. The number of β-amino-alcohol motifs (C(OH)–C–C–N with tert-alkyl or cyclic N) is 1. The summed E-state index contributed by atoms with van der Waals surface area (Å²) in [5.74, 6) is -0.0136. The summed E-state index contributed by atoms with van der Waals surface area (Å²) in [6.45, 7) is 1.07. The largest absolute Gasteiger partial charge is 0.391 e. The van der Waals surface area contributed by atoms with E-state index in [4.69, 9.17) is 11.6 Å². The van der Waals surface area contributed by atoms with Gasteiger partial charge in [0, 0.05) is 25.3 Å². The SMILES string of the molecule is O=C(c1cc(Cl)cn1C1CC1)N1CC[C@H](O)C1. The first-order valence-electron chi connectivity index (χ1n) is 6.00. The van der Waals surface area contributed by atoms with Gasteiger partial charge in [-0.2, -0.15) is 0 Å². The zero-order chi connectivity index (χ0) is 12.0. The Balaban J connectivity index is 1.85. The first kappa shape index (κ1) is 11.1. The van der Waals surface area contributed by atoms with Crippen LogP contribution in [-0.2, 0) is 0 Å². The van der Waals surface area contributed by atoms with Crippen LogP contribution in [0.25, 0.3) is 0 Å². The number of nitrogens with zero attached hydrogens (tertiary/aromatic N) is 2. The van der Waals surface area contributed by atoms with Gasteiger partial charge in [-0.25, -0.2) is 0 Å². The Morgan fingerprint density at radius 3 is 2.76 bits per heavy atom. The molecule has 0 bridgehead atoms. The second-order valence-corrected chi connectivity index (χ2v) is 5.31. The average molecular weight is 255 g/mol. The van der Waals surface area contributed by atoms with Crippen LogP contribution in [0, 0.1) is 0 Å². The van der Waals surface area contributed by atoms with Crippen LogP contribution >= 0.6 is 11.6 Å². The Morgan fingerprint density at radius 2 is 2.18 bits per heavy atom. The summed E-state index contributed by atoms with van der Waals surface area (Å²) < 4.78 is 1.98. The summed E-state index contributed by atoms with van der Waals surface area (Å²) in [6, 6.07) is 2.17. The highest BCUT2D eigenvalue weighted by atomic mass is 35.5. The van der Waals surface area contributed by atoms with Crippen LogP contribution < -0.4 is 0 Å². The zero-order valence-corrected chi connectivity index (χ0v) is 10.2. The number of carbonyl (C=O) groups is 1. The minimum absolute atomic E-state index is 0.0136. The molecule has 0 unspecified atom stereocenters. The summed E-state index contributed by atoms with van der Waals surface area (Å²) >= 11 is 5.98. The summed E-state index contributed by atoms with van der Waals surface area (Å²) in [6.07, 6.45) is 4.36. The summed E-state index contributed by atoms with van der Waals surface area (Å²) in [4.78, 5) is 14.0. The number of aromatic nitrogens is 1. The molecule has 0 spiro atoms. The first-order chi connectivity index (χ1) is 8.15. The van der Waals surface area contributed by atoms with E-state index >= 15 is 0 Å². The third-order valence-corrected chi connectivity index (χ3v) is 3.63. The van der Waals surface area contributed by atoms with E-state index in [2.05, 4.69) is 0 Å². The monoisotopic (exact) mass is 254 g/mol. The third kappa shape index (κ3) is 2.07. The quantitative estimate of drug-likeness (QED) is 0.873. The number of aliphatic hydroxyl groups is 1. The molecule has 1 saturated heterocycles. The minimum Gasteiger partial charge on any atom is -0.391 e. The second kappa shape index (κ2) is 4.03. The van der Waals surface area contributed by atoms with E-state index in [-0.39, 0.29) is 12.0 Å². The predicted octanol–water partition coefficient (Wildman–Crippen LogP) is 1.68. The van der Waals surface area contributed by atoms with Crippen LogP contribution in [0.2, 0.25) is 5.02 Å². The minimum atomic E-state index is -0.376. The van der Waals surface area contributed by atoms with Crippen molar-refractivity contribution in [2.45, 2.75) is 31.4 Å². The maximum atomic E-state index is 12.3. The predicted molar refractivity (Wildman–Crippen MR) is 64.2 cm³/mol. The van der Waals surface area contributed by atoms with Crippen molar-refractivity contribution < 1.29 is 9.90 Å². The molecule has 1 atom stereocenters. The van der Waals surface area contributed by atoms with Crippen molar-refractivity contribution in [1.29, 1.82) is 0 Å². The standard InChI is InChI=1S/C12H15ClN2O2/c13-8-5-11(15(6-8)9-1-2-9)12(17)14-4-3-10(16)7-14/h5-6,9-10,16H,1-4,7H2/t10-/m0/s1. The molecule has 0 radical (unpaired) electrons. The number of halogens is 1. The second-order valence-electron chi connectivity index (χ2n) is 4.88. The maximum absolute atomic E-state index is 12.3.